The monoisotopic (exact) mass is 347 g/mol. The molecular weight excluding hydrogens is 326 g/mol. The van der Waals surface area contributed by atoms with Crippen LogP contribution in [0.25, 0.3) is 0 Å². The normalized spacial score (nSPS) is 22.2. The number of rotatable bonds is 6. The third kappa shape index (κ3) is 4.51. The standard InChI is InChI=1S/C14H22BrNO4/c1-3-19-13(17)12-11(7-5-6-9-15)8-10-16(12)14(18)20-4-2/h5-6,11-12H,3-4,7-10H2,1-2H3/b6-5+. The van der Waals surface area contributed by atoms with Gasteiger partial charge in [0.15, 0.2) is 0 Å². The molecule has 6 heteroatoms. The largest absolute Gasteiger partial charge is 0.464 e. The van der Waals surface area contributed by atoms with Gasteiger partial charge in [-0.25, -0.2) is 9.59 Å². The van der Waals surface area contributed by atoms with Crippen LogP contribution in [0.15, 0.2) is 12.2 Å². The Bertz CT molecular complexity index is 359. The fourth-order valence-corrected chi connectivity index (χ4v) is 2.66. The number of allylic oxidation sites excluding steroid dienone is 2. The number of hydrogen-bond donors (Lipinski definition) is 0. The summed E-state index contributed by atoms with van der Waals surface area (Å²) < 4.78 is 10.1. The van der Waals surface area contributed by atoms with Gasteiger partial charge in [-0.3, -0.25) is 4.90 Å². The molecule has 2 atom stereocenters. The molecule has 1 aliphatic heterocycles. The number of hydrogen-bond acceptors (Lipinski definition) is 4. The van der Waals surface area contributed by atoms with E-state index in [0.717, 1.165) is 18.2 Å². The van der Waals surface area contributed by atoms with Gasteiger partial charge in [0.2, 0.25) is 0 Å². The Hall–Kier alpha value is -1.04. The molecule has 0 bridgehead atoms. The van der Waals surface area contributed by atoms with Crippen LogP contribution in [0.1, 0.15) is 26.7 Å². The Labute approximate surface area is 128 Å². The summed E-state index contributed by atoms with van der Waals surface area (Å²) in [5.74, 6) is -0.246. The number of nitrogens with zero attached hydrogens (tertiary/aromatic N) is 1. The average molecular weight is 348 g/mol. The Morgan fingerprint density at radius 1 is 1.25 bits per heavy atom. The van der Waals surface area contributed by atoms with Crippen LogP contribution >= 0.6 is 15.9 Å². The van der Waals surface area contributed by atoms with E-state index in [-0.39, 0.29) is 11.9 Å². The van der Waals surface area contributed by atoms with Gasteiger partial charge in [0.1, 0.15) is 6.04 Å². The first-order valence-corrected chi connectivity index (χ1v) is 8.08. The van der Waals surface area contributed by atoms with E-state index in [1.807, 2.05) is 12.2 Å². The van der Waals surface area contributed by atoms with E-state index in [2.05, 4.69) is 15.9 Å². The van der Waals surface area contributed by atoms with Gasteiger partial charge in [0.25, 0.3) is 0 Å². The first kappa shape index (κ1) is 17.0. The molecule has 0 aromatic heterocycles. The van der Waals surface area contributed by atoms with E-state index < -0.39 is 12.1 Å². The molecule has 1 heterocycles. The van der Waals surface area contributed by atoms with Crippen molar-refractivity contribution in [3.8, 4) is 0 Å². The Kier molecular flexibility index (Phi) is 7.65. The first-order valence-electron chi connectivity index (χ1n) is 6.96. The minimum absolute atomic E-state index is 0.0914. The minimum atomic E-state index is -0.533. The molecule has 1 amide bonds. The summed E-state index contributed by atoms with van der Waals surface area (Å²) in [4.78, 5) is 25.5. The second-order valence-electron chi connectivity index (χ2n) is 4.50. The van der Waals surface area contributed by atoms with Crippen molar-refractivity contribution < 1.29 is 19.1 Å². The van der Waals surface area contributed by atoms with Crippen molar-refractivity contribution >= 4 is 28.0 Å². The summed E-state index contributed by atoms with van der Waals surface area (Å²) in [6, 6.07) is -0.533. The zero-order valence-electron chi connectivity index (χ0n) is 12.0. The van der Waals surface area contributed by atoms with Crippen molar-refractivity contribution in [2.24, 2.45) is 5.92 Å². The first-order chi connectivity index (χ1) is 9.65. The van der Waals surface area contributed by atoms with Crippen molar-refractivity contribution in [3.05, 3.63) is 12.2 Å². The lowest BCUT2D eigenvalue weighted by molar-refractivity contribution is -0.149. The molecule has 0 saturated carbocycles. The SMILES string of the molecule is CCOC(=O)C1C(C/C=C/CBr)CCN1C(=O)OCC. The smallest absolute Gasteiger partial charge is 0.410 e. The van der Waals surface area contributed by atoms with Crippen LogP contribution in [0, 0.1) is 5.92 Å². The van der Waals surface area contributed by atoms with E-state index in [1.165, 1.54) is 4.90 Å². The maximum atomic E-state index is 12.1. The summed E-state index contributed by atoms with van der Waals surface area (Å²) in [5.41, 5.74) is 0. The summed E-state index contributed by atoms with van der Waals surface area (Å²) >= 11 is 3.32. The molecule has 114 valence electrons. The van der Waals surface area contributed by atoms with Crippen LogP contribution < -0.4 is 0 Å². The Morgan fingerprint density at radius 3 is 2.55 bits per heavy atom. The predicted molar refractivity (Wildman–Crippen MR) is 79.8 cm³/mol. The summed E-state index contributed by atoms with van der Waals surface area (Å²) in [7, 11) is 0. The number of amides is 1. The van der Waals surface area contributed by atoms with E-state index in [0.29, 0.717) is 19.8 Å². The average Bonchev–Trinajstić information content (AvgIpc) is 2.83. The number of alkyl halides is 1. The molecule has 1 aliphatic rings. The van der Waals surface area contributed by atoms with Crippen LogP contribution in [-0.2, 0) is 14.3 Å². The highest BCUT2D eigenvalue weighted by Crippen LogP contribution is 2.29. The minimum Gasteiger partial charge on any atom is -0.464 e. The number of halogens is 1. The molecule has 0 aromatic carbocycles. The van der Waals surface area contributed by atoms with Crippen molar-refractivity contribution in [2.75, 3.05) is 25.1 Å². The number of carbonyl (C=O) groups is 2. The lowest BCUT2D eigenvalue weighted by atomic mass is 9.96. The molecular formula is C14H22BrNO4. The van der Waals surface area contributed by atoms with E-state index in [1.54, 1.807) is 13.8 Å². The lowest BCUT2D eigenvalue weighted by Gasteiger charge is -2.25. The van der Waals surface area contributed by atoms with Gasteiger partial charge in [-0.15, -0.1) is 0 Å². The van der Waals surface area contributed by atoms with Crippen molar-refractivity contribution in [1.82, 2.24) is 4.90 Å². The van der Waals surface area contributed by atoms with Crippen LogP contribution in [0.2, 0.25) is 0 Å². The van der Waals surface area contributed by atoms with E-state index in [4.69, 9.17) is 9.47 Å². The number of esters is 1. The number of likely N-dealkylation sites (tertiary alicyclic amines) is 1. The molecule has 1 fully saturated rings. The molecule has 0 aliphatic carbocycles. The third-order valence-corrected chi connectivity index (χ3v) is 3.62. The molecule has 0 N–H and O–H groups in total. The Balaban J connectivity index is 2.77. The van der Waals surface area contributed by atoms with Crippen molar-refractivity contribution in [2.45, 2.75) is 32.7 Å². The van der Waals surface area contributed by atoms with Crippen LogP contribution in [0.5, 0.6) is 0 Å². The Morgan fingerprint density at radius 2 is 1.95 bits per heavy atom. The van der Waals surface area contributed by atoms with Crippen LogP contribution in [0.3, 0.4) is 0 Å². The fourth-order valence-electron chi connectivity index (χ4n) is 2.40. The van der Waals surface area contributed by atoms with E-state index in [9.17, 15) is 9.59 Å². The molecule has 0 radical (unpaired) electrons. The molecule has 0 aromatic rings. The van der Waals surface area contributed by atoms with Gasteiger partial charge in [0, 0.05) is 11.9 Å². The summed E-state index contributed by atoms with van der Waals surface area (Å²) in [5, 5.41) is 0.783. The summed E-state index contributed by atoms with van der Waals surface area (Å²) in [6.45, 7) is 4.68. The topological polar surface area (TPSA) is 55.8 Å². The van der Waals surface area contributed by atoms with Gasteiger partial charge in [-0.1, -0.05) is 28.1 Å². The molecule has 2 unspecified atom stereocenters. The molecule has 5 nitrogen and oxygen atoms in total. The predicted octanol–water partition coefficient (Wildman–Crippen LogP) is 2.74. The van der Waals surface area contributed by atoms with Gasteiger partial charge in [0.05, 0.1) is 13.2 Å². The highest BCUT2D eigenvalue weighted by Gasteiger charge is 2.42. The van der Waals surface area contributed by atoms with Crippen LogP contribution in [-0.4, -0.2) is 48.1 Å². The molecule has 1 saturated heterocycles. The number of carbonyl (C=O) groups excluding carboxylic acids is 2. The molecule has 0 spiro atoms. The van der Waals surface area contributed by atoms with Crippen molar-refractivity contribution in [3.63, 3.8) is 0 Å². The quantitative estimate of drug-likeness (QED) is 0.421. The van der Waals surface area contributed by atoms with Crippen LogP contribution in [0.4, 0.5) is 4.79 Å². The maximum Gasteiger partial charge on any atom is 0.410 e. The van der Waals surface area contributed by atoms with Gasteiger partial charge < -0.3 is 9.47 Å². The van der Waals surface area contributed by atoms with Gasteiger partial charge in [-0.2, -0.15) is 0 Å². The molecule has 1 rings (SSSR count). The van der Waals surface area contributed by atoms with Gasteiger partial charge in [-0.05, 0) is 32.6 Å². The highest BCUT2D eigenvalue weighted by atomic mass is 79.9. The van der Waals surface area contributed by atoms with Gasteiger partial charge >= 0.3 is 12.1 Å². The zero-order valence-corrected chi connectivity index (χ0v) is 13.6. The second-order valence-corrected chi connectivity index (χ2v) is 5.15. The lowest BCUT2D eigenvalue weighted by Crippen LogP contribution is -2.44. The third-order valence-electron chi connectivity index (χ3n) is 3.25. The molecule has 20 heavy (non-hydrogen) atoms. The maximum absolute atomic E-state index is 12.1. The summed E-state index contributed by atoms with van der Waals surface area (Å²) in [6.07, 6.45) is 5.13. The second kappa shape index (κ2) is 9.00. The fraction of sp³-hybridized carbons (Fsp3) is 0.714. The van der Waals surface area contributed by atoms with Crippen molar-refractivity contribution in [1.29, 1.82) is 0 Å². The van der Waals surface area contributed by atoms with E-state index >= 15 is 0 Å². The number of ether oxygens (including phenoxy) is 2. The highest BCUT2D eigenvalue weighted by molar-refractivity contribution is 9.09. The zero-order chi connectivity index (χ0) is 15.0.